The summed E-state index contributed by atoms with van der Waals surface area (Å²) in [5, 5.41) is 10.4. The summed E-state index contributed by atoms with van der Waals surface area (Å²) in [5.41, 5.74) is 2.80. The summed E-state index contributed by atoms with van der Waals surface area (Å²) >= 11 is 0. The molecular formula is C19H21N5O. The van der Waals surface area contributed by atoms with Crippen molar-refractivity contribution in [2.75, 3.05) is 11.9 Å². The molecule has 6 nitrogen and oxygen atoms in total. The zero-order chi connectivity index (χ0) is 17.6. The van der Waals surface area contributed by atoms with Crippen LogP contribution in [0.1, 0.15) is 23.0 Å². The molecule has 1 unspecified atom stereocenters. The molecule has 0 bridgehead atoms. The number of carbonyl (C=O) groups excluding carboxylic acids is 1. The molecule has 128 valence electrons. The Morgan fingerprint density at radius 3 is 2.56 bits per heavy atom. The first-order valence-corrected chi connectivity index (χ1v) is 8.13. The van der Waals surface area contributed by atoms with Crippen LogP contribution < -0.4 is 10.6 Å². The normalized spacial score (nSPS) is 11.9. The molecule has 0 fully saturated rings. The highest BCUT2D eigenvalue weighted by molar-refractivity contribution is 5.91. The summed E-state index contributed by atoms with van der Waals surface area (Å²) in [5.74, 6) is 0.554. The van der Waals surface area contributed by atoms with Gasteiger partial charge in [0.1, 0.15) is 5.82 Å². The van der Waals surface area contributed by atoms with Crippen LogP contribution in [0.3, 0.4) is 0 Å². The lowest BCUT2D eigenvalue weighted by molar-refractivity contribution is -0.115. The highest BCUT2D eigenvalue weighted by Gasteiger charge is 2.16. The summed E-state index contributed by atoms with van der Waals surface area (Å²) in [6, 6.07) is 17.4. The van der Waals surface area contributed by atoms with E-state index in [1.165, 1.54) is 0 Å². The van der Waals surface area contributed by atoms with Gasteiger partial charge in [-0.2, -0.15) is 5.10 Å². The minimum Gasteiger partial charge on any atom is -0.310 e. The van der Waals surface area contributed by atoms with Crippen molar-refractivity contribution in [2.24, 2.45) is 7.05 Å². The number of nitrogens with zero attached hydrogens (tertiary/aromatic N) is 3. The molecule has 0 spiro atoms. The van der Waals surface area contributed by atoms with Gasteiger partial charge in [-0.3, -0.25) is 19.8 Å². The first-order valence-electron chi connectivity index (χ1n) is 8.13. The molecule has 0 saturated heterocycles. The SMILES string of the molecule is Cc1cc(NC(=O)CNC(c2ccccc2)c2ccccn2)n(C)n1. The van der Waals surface area contributed by atoms with Crippen LogP contribution in [0, 0.1) is 6.92 Å². The first-order chi connectivity index (χ1) is 12.1. The maximum atomic E-state index is 12.3. The number of amides is 1. The van der Waals surface area contributed by atoms with E-state index in [1.54, 1.807) is 17.9 Å². The van der Waals surface area contributed by atoms with Gasteiger partial charge in [0.05, 0.1) is 24.0 Å². The molecule has 0 aliphatic heterocycles. The first kappa shape index (κ1) is 16.9. The second kappa shape index (κ2) is 7.72. The molecule has 2 heterocycles. The smallest absolute Gasteiger partial charge is 0.239 e. The van der Waals surface area contributed by atoms with Crippen LogP contribution in [0.5, 0.6) is 0 Å². The number of anilines is 1. The van der Waals surface area contributed by atoms with Gasteiger partial charge in [-0.25, -0.2) is 0 Å². The molecule has 0 aliphatic rings. The van der Waals surface area contributed by atoms with Gasteiger partial charge in [-0.1, -0.05) is 36.4 Å². The third kappa shape index (κ3) is 4.30. The van der Waals surface area contributed by atoms with Crippen LogP contribution >= 0.6 is 0 Å². The Balaban J connectivity index is 1.71. The van der Waals surface area contributed by atoms with Gasteiger partial charge in [-0.15, -0.1) is 0 Å². The number of carbonyl (C=O) groups is 1. The monoisotopic (exact) mass is 335 g/mol. The summed E-state index contributed by atoms with van der Waals surface area (Å²) < 4.78 is 1.65. The molecule has 1 aromatic carbocycles. The van der Waals surface area contributed by atoms with E-state index in [0.717, 1.165) is 17.0 Å². The summed E-state index contributed by atoms with van der Waals surface area (Å²) in [7, 11) is 1.80. The third-order valence-corrected chi connectivity index (χ3v) is 3.85. The largest absolute Gasteiger partial charge is 0.310 e. The number of hydrogen-bond donors (Lipinski definition) is 2. The number of hydrogen-bond acceptors (Lipinski definition) is 4. The van der Waals surface area contributed by atoms with E-state index in [1.807, 2.05) is 61.5 Å². The molecule has 0 aliphatic carbocycles. The van der Waals surface area contributed by atoms with Crippen molar-refractivity contribution in [3.63, 3.8) is 0 Å². The van der Waals surface area contributed by atoms with Gasteiger partial charge >= 0.3 is 0 Å². The van der Waals surface area contributed by atoms with Crippen molar-refractivity contribution in [3.8, 4) is 0 Å². The van der Waals surface area contributed by atoms with Crippen LogP contribution in [0.25, 0.3) is 0 Å². The molecule has 25 heavy (non-hydrogen) atoms. The Bertz CT molecular complexity index is 790. The van der Waals surface area contributed by atoms with E-state index in [0.29, 0.717) is 5.82 Å². The lowest BCUT2D eigenvalue weighted by atomic mass is 10.0. The van der Waals surface area contributed by atoms with Gasteiger partial charge in [0.15, 0.2) is 0 Å². The zero-order valence-corrected chi connectivity index (χ0v) is 14.3. The fraction of sp³-hybridized carbons (Fsp3) is 0.211. The van der Waals surface area contributed by atoms with Gasteiger partial charge in [0, 0.05) is 19.3 Å². The van der Waals surface area contributed by atoms with Crippen molar-refractivity contribution in [3.05, 3.63) is 77.7 Å². The molecule has 0 saturated carbocycles. The number of pyridine rings is 1. The van der Waals surface area contributed by atoms with Crippen LogP contribution in [-0.2, 0) is 11.8 Å². The fourth-order valence-corrected chi connectivity index (χ4v) is 2.69. The van der Waals surface area contributed by atoms with Gasteiger partial charge in [-0.05, 0) is 24.6 Å². The van der Waals surface area contributed by atoms with E-state index in [2.05, 4.69) is 20.7 Å². The quantitative estimate of drug-likeness (QED) is 0.726. The molecule has 3 rings (SSSR count). The highest BCUT2D eigenvalue weighted by Crippen LogP contribution is 2.19. The lowest BCUT2D eigenvalue weighted by Gasteiger charge is -2.18. The number of nitrogens with one attached hydrogen (secondary N) is 2. The number of benzene rings is 1. The third-order valence-electron chi connectivity index (χ3n) is 3.85. The summed E-state index contributed by atoms with van der Waals surface area (Å²) in [6.07, 6.45) is 1.76. The topological polar surface area (TPSA) is 71.8 Å². The fourth-order valence-electron chi connectivity index (χ4n) is 2.69. The van der Waals surface area contributed by atoms with Crippen molar-refractivity contribution in [1.29, 1.82) is 0 Å². The average Bonchev–Trinajstić information content (AvgIpc) is 2.94. The van der Waals surface area contributed by atoms with Crippen LogP contribution in [0.2, 0.25) is 0 Å². The van der Waals surface area contributed by atoms with E-state index in [-0.39, 0.29) is 18.5 Å². The van der Waals surface area contributed by atoms with Crippen molar-refractivity contribution < 1.29 is 4.79 Å². The van der Waals surface area contributed by atoms with Gasteiger partial charge < -0.3 is 5.32 Å². The predicted molar refractivity (Wildman–Crippen MR) is 97.1 cm³/mol. The van der Waals surface area contributed by atoms with Crippen molar-refractivity contribution in [2.45, 2.75) is 13.0 Å². The van der Waals surface area contributed by atoms with Crippen LogP contribution in [0.15, 0.2) is 60.8 Å². The predicted octanol–water partition coefficient (Wildman–Crippen LogP) is 2.44. The molecule has 1 atom stereocenters. The number of rotatable bonds is 6. The van der Waals surface area contributed by atoms with Crippen molar-refractivity contribution >= 4 is 11.7 Å². The second-order valence-electron chi connectivity index (χ2n) is 5.82. The maximum Gasteiger partial charge on any atom is 0.239 e. The van der Waals surface area contributed by atoms with Crippen molar-refractivity contribution in [1.82, 2.24) is 20.1 Å². The molecule has 3 aromatic rings. The second-order valence-corrected chi connectivity index (χ2v) is 5.82. The zero-order valence-electron chi connectivity index (χ0n) is 14.3. The minimum absolute atomic E-state index is 0.125. The van der Waals surface area contributed by atoms with E-state index in [4.69, 9.17) is 0 Å². The molecule has 6 heteroatoms. The Morgan fingerprint density at radius 2 is 1.92 bits per heavy atom. The van der Waals surface area contributed by atoms with Gasteiger partial charge in [0.25, 0.3) is 0 Å². The molecule has 1 amide bonds. The molecule has 2 N–H and O–H groups in total. The summed E-state index contributed by atoms with van der Waals surface area (Å²) in [6.45, 7) is 2.06. The van der Waals surface area contributed by atoms with E-state index >= 15 is 0 Å². The number of aryl methyl sites for hydroxylation is 2. The average molecular weight is 335 g/mol. The Hall–Kier alpha value is -2.99. The molecule has 2 aromatic heterocycles. The van der Waals surface area contributed by atoms with Crippen LogP contribution in [-0.4, -0.2) is 27.2 Å². The van der Waals surface area contributed by atoms with E-state index < -0.39 is 0 Å². The summed E-state index contributed by atoms with van der Waals surface area (Å²) in [4.78, 5) is 16.7. The minimum atomic E-state index is -0.151. The number of aromatic nitrogens is 3. The maximum absolute atomic E-state index is 12.3. The van der Waals surface area contributed by atoms with Crippen LogP contribution in [0.4, 0.5) is 5.82 Å². The highest BCUT2D eigenvalue weighted by atomic mass is 16.2. The Labute approximate surface area is 146 Å². The molecular weight excluding hydrogens is 314 g/mol. The van der Waals surface area contributed by atoms with Gasteiger partial charge in [0.2, 0.25) is 5.91 Å². The Kier molecular flexibility index (Phi) is 5.20. The Morgan fingerprint density at radius 1 is 1.16 bits per heavy atom. The van der Waals surface area contributed by atoms with E-state index in [9.17, 15) is 4.79 Å². The molecule has 0 radical (unpaired) electrons. The lowest BCUT2D eigenvalue weighted by Crippen LogP contribution is -2.32. The standard InChI is InChI=1S/C19H21N5O/c1-14-12-17(24(2)23-14)22-18(25)13-21-19(15-8-4-3-5-9-15)16-10-6-7-11-20-16/h3-12,19,21H,13H2,1-2H3,(H,22,25).